The lowest BCUT2D eigenvalue weighted by molar-refractivity contribution is -0.137. The van der Waals surface area contributed by atoms with E-state index in [-0.39, 0.29) is 18.4 Å². The van der Waals surface area contributed by atoms with Crippen LogP contribution in [0.15, 0.2) is 81.9 Å². The van der Waals surface area contributed by atoms with Gasteiger partial charge in [-0.3, -0.25) is 14.5 Å². The number of rotatable bonds is 5. The Balaban J connectivity index is 1.72. The van der Waals surface area contributed by atoms with Crippen LogP contribution in [0, 0.1) is 0 Å². The Morgan fingerprint density at radius 1 is 0.889 bits per heavy atom. The van der Waals surface area contributed by atoms with Crippen LogP contribution in [0.4, 0.5) is 0 Å². The number of carbonyl (C=O) groups excluding carboxylic acids is 2. The van der Waals surface area contributed by atoms with E-state index < -0.39 is 0 Å². The lowest BCUT2D eigenvalue weighted by Gasteiger charge is -2.16. The highest BCUT2D eigenvalue weighted by atomic mass is 35.5. The van der Waals surface area contributed by atoms with Crippen LogP contribution in [0.1, 0.15) is 10.4 Å². The Bertz CT molecular complexity index is 1030. The van der Waals surface area contributed by atoms with Crippen molar-refractivity contribution in [3.05, 3.63) is 92.5 Å². The lowest BCUT2D eigenvalue weighted by Crippen LogP contribution is -2.31. The van der Waals surface area contributed by atoms with Crippen LogP contribution in [-0.4, -0.2) is 16.7 Å². The third-order valence-corrected chi connectivity index (χ3v) is 6.49. The predicted octanol–water partition coefficient (Wildman–Crippen LogP) is 5.47. The predicted molar refractivity (Wildman–Crippen MR) is 111 cm³/mol. The number of amides is 2. The summed E-state index contributed by atoms with van der Waals surface area (Å²) < 4.78 is 0. The molecule has 4 rings (SSSR count). The summed E-state index contributed by atoms with van der Waals surface area (Å²) >= 11 is 9.02. The molecule has 3 aromatic rings. The normalized spacial score (nSPS) is 14.3. The van der Waals surface area contributed by atoms with Crippen molar-refractivity contribution < 1.29 is 9.59 Å². The van der Waals surface area contributed by atoms with Gasteiger partial charge in [0, 0.05) is 14.8 Å². The maximum absolute atomic E-state index is 13.1. The number of halogens is 1. The van der Waals surface area contributed by atoms with E-state index in [0.29, 0.717) is 15.5 Å². The summed E-state index contributed by atoms with van der Waals surface area (Å²) in [6, 6.07) is 20.6. The summed E-state index contributed by atoms with van der Waals surface area (Å²) in [5.41, 5.74) is 1.22. The SMILES string of the molecule is O=C1C(Sc2ccccc2)=C(c2cccs2)C(=O)N1Cc1ccccc1Cl. The van der Waals surface area contributed by atoms with Crippen molar-refractivity contribution in [1.82, 2.24) is 4.90 Å². The first kappa shape index (κ1) is 18.0. The largest absolute Gasteiger partial charge is 0.269 e. The van der Waals surface area contributed by atoms with Gasteiger partial charge in [-0.05, 0) is 35.2 Å². The molecule has 0 spiro atoms. The first-order valence-corrected chi connectivity index (χ1v) is 10.3. The van der Waals surface area contributed by atoms with Gasteiger partial charge in [-0.15, -0.1) is 11.3 Å². The fourth-order valence-corrected chi connectivity index (χ4v) is 4.89. The van der Waals surface area contributed by atoms with Crippen molar-refractivity contribution in [3.63, 3.8) is 0 Å². The molecule has 134 valence electrons. The number of carbonyl (C=O) groups is 2. The standard InChI is InChI=1S/C21H14ClNO2S2/c22-16-10-5-4-7-14(16)13-23-20(24)18(17-11-6-12-26-17)19(21(23)25)27-15-8-2-1-3-9-15/h1-12H,13H2. The van der Waals surface area contributed by atoms with Gasteiger partial charge >= 0.3 is 0 Å². The van der Waals surface area contributed by atoms with Crippen LogP contribution in [0.5, 0.6) is 0 Å². The molecule has 1 aliphatic rings. The number of nitrogens with zero attached hydrogens (tertiary/aromatic N) is 1. The highest BCUT2D eigenvalue weighted by Crippen LogP contribution is 2.41. The fourth-order valence-electron chi connectivity index (χ4n) is 2.83. The van der Waals surface area contributed by atoms with Gasteiger partial charge in [-0.2, -0.15) is 0 Å². The van der Waals surface area contributed by atoms with Crippen LogP contribution in [0.2, 0.25) is 5.02 Å². The fraction of sp³-hybridized carbons (Fsp3) is 0.0476. The Kier molecular flexibility index (Phi) is 5.16. The van der Waals surface area contributed by atoms with Crippen molar-refractivity contribution in [3.8, 4) is 0 Å². The minimum Gasteiger partial charge on any atom is -0.269 e. The average Bonchev–Trinajstić information content (AvgIpc) is 3.27. The second kappa shape index (κ2) is 7.72. The van der Waals surface area contributed by atoms with E-state index >= 15 is 0 Å². The van der Waals surface area contributed by atoms with E-state index in [1.54, 1.807) is 6.07 Å². The molecule has 2 aromatic carbocycles. The molecule has 2 heterocycles. The first-order chi connectivity index (χ1) is 13.1. The van der Waals surface area contributed by atoms with Gasteiger partial charge in [-0.1, -0.05) is 65.8 Å². The first-order valence-electron chi connectivity index (χ1n) is 8.26. The number of benzene rings is 2. The molecule has 3 nitrogen and oxygen atoms in total. The molecular formula is C21H14ClNO2S2. The van der Waals surface area contributed by atoms with Crippen LogP contribution in [0.25, 0.3) is 5.57 Å². The summed E-state index contributed by atoms with van der Waals surface area (Å²) in [6.07, 6.45) is 0. The number of thioether (sulfide) groups is 1. The van der Waals surface area contributed by atoms with Gasteiger partial charge < -0.3 is 0 Å². The van der Waals surface area contributed by atoms with Crippen molar-refractivity contribution in [2.45, 2.75) is 11.4 Å². The molecule has 0 saturated carbocycles. The highest BCUT2D eigenvalue weighted by Gasteiger charge is 2.40. The topological polar surface area (TPSA) is 37.4 Å². The van der Waals surface area contributed by atoms with Gasteiger partial charge in [0.25, 0.3) is 11.8 Å². The summed E-state index contributed by atoms with van der Waals surface area (Å²) in [4.78, 5) is 29.7. The Labute approximate surface area is 170 Å². The minimum atomic E-state index is -0.280. The summed E-state index contributed by atoms with van der Waals surface area (Å²) in [6.45, 7) is 0.158. The van der Waals surface area contributed by atoms with E-state index in [2.05, 4.69) is 0 Å². The number of hydrogen-bond acceptors (Lipinski definition) is 4. The molecule has 0 aliphatic carbocycles. The third-order valence-electron chi connectivity index (χ3n) is 4.14. The number of thiophene rings is 1. The monoisotopic (exact) mass is 411 g/mol. The van der Waals surface area contributed by atoms with Crippen LogP contribution in [0.3, 0.4) is 0 Å². The molecule has 1 aliphatic heterocycles. The average molecular weight is 412 g/mol. The summed E-state index contributed by atoms with van der Waals surface area (Å²) in [7, 11) is 0. The van der Waals surface area contributed by atoms with Crippen LogP contribution >= 0.6 is 34.7 Å². The van der Waals surface area contributed by atoms with E-state index in [9.17, 15) is 9.59 Å². The third kappa shape index (κ3) is 3.58. The number of imide groups is 1. The molecule has 1 aromatic heterocycles. The Hall–Kier alpha value is -2.34. The van der Waals surface area contributed by atoms with Crippen molar-refractivity contribution in [1.29, 1.82) is 0 Å². The van der Waals surface area contributed by atoms with Crippen LogP contribution < -0.4 is 0 Å². The molecule has 0 N–H and O–H groups in total. The molecule has 0 unspecified atom stereocenters. The van der Waals surface area contributed by atoms with Gasteiger partial charge in [0.2, 0.25) is 0 Å². The van der Waals surface area contributed by atoms with E-state index in [1.807, 2.05) is 66.0 Å². The molecular weight excluding hydrogens is 398 g/mol. The second-order valence-corrected chi connectivity index (χ2v) is 8.32. The van der Waals surface area contributed by atoms with Gasteiger partial charge in [0.05, 0.1) is 17.0 Å². The van der Waals surface area contributed by atoms with Crippen LogP contribution in [-0.2, 0) is 16.1 Å². The molecule has 6 heteroatoms. The maximum Gasteiger partial charge on any atom is 0.268 e. The summed E-state index contributed by atoms with van der Waals surface area (Å²) in [5.74, 6) is -0.557. The van der Waals surface area contributed by atoms with E-state index in [0.717, 1.165) is 15.3 Å². The van der Waals surface area contributed by atoms with Crippen molar-refractivity contribution in [2.24, 2.45) is 0 Å². The molecule has 0 fully saturated rings. The highest BCUT2D eigenvalue weighted by molar-refractivity contribution is 8.04. The van der Waals surface area contributed by atoms with Crippen molar-refractivity contribution >= 4 is 52.1 Å². The zero-order valence-corrected chi connectivity index (χ0v) is 16.5. The van der Waals surface area contributed by atoms with E-state index in [4.69, 9.17) is 11.6 Å². The molecule has 0 atom stereocenters. The molecule has 0 bridgehead atoms. The Morgan fingerprint density at radius 3 is 2.33 bits per heavy atom. The molecule has 0 radical (unpaired) electrons. The Morgan fingerprint density at radius 2 is 1.63 bits per heavy atom. The smallest absolute Gasteiger partial charge is 0.268 e. The second-order valence-electron chi connectivity index (χ2n) is 5.88. The van der Waals surface area contributed by atoms with Gasteiger partial charge in [-0.25, -0.2) is 0 Å². The van der Waals surface area contributed by atoms with Gasteiger partial charge in [0.1, 0.15) is 0 Å². The van der Waals surface area contributed by atoms with Crippen molar-refractivity contribution in [2.75, 3.05) is 0 Å². The molecule has 27 heavy (non-hydrogen) atoms. The van der Waals surface area contributed by atoms with E-state index in [1.165, 1.54) is 28.0 Å². The zero-order chi connectivity index (χ0) is 18.8. The zero-order valence-electron chi connectivity index (χ0n) is 14.1. The minimum absolute atomic E-state index is 0.158. The molecule has 0 saturated heterocycles. The summed E-state index contributed by atoms with van der Waals surface area (Å²) in [5, 5.41) is 2.45. The quantitative estimate of drug-likeness (QED) is 0.522. The molecule has 2 amide bonds. The van der Waals surface area contributed by atoms with Gasteiger partial charge in [0.15, 0.2) is 0 Å². The lowest BCUT2D eigenvalue weighted by atomic mass is 10.2. The number of hydrogen-bond donors (Lipinski definition) is 0. The maximum atomic E-state index is 13.1.